The summed E-state index contributed by atoms with van der Waals surface area (Å²) in [5.41, 5.74) is 0. The van der Waals surface area contributed by atoms with Crippen LogP contribution in [0.15, 0.2) is 30.3 Å². The lowest BCUT2D eigenvalue weighted by atomic mass is 10.1. The van der Waals surface area contributed by atoms with Crippen molar-refractivity contribution >= 4 is 45.9 Å². The Labute approximate surface area is 190 Å². The zero-order valence-electron chi connectivity index (χ0n) is 16.0. The molecular formula is C19H12Cl2F8O4. The van der Waals surface area contributed by atoms with Gasteiger partial charge in [0.05, 0.1) is 22.9 Å². The molecule has 0 fully saturated rings. The van der Waals surface area contributed by atoms with Crippen LogP contribution in [0, 0.1) is 0 Å². The average molecular weight is 527 g/mol. The highest BCUT2D eigenvalue weighted by molar-refractivity contribution is 6.40. The molecule has 0 aliphatic carbocycles. The van der Waals surface area contributed by atoms with Gasteiger partial charge < -0.3 is 9.47 Å². The fraction of sp³-hybridized carbons (Fsp3) is 0.368. The minimum absolute atomic E-state index is 0.0727. The quantitative estimate of drug-likeness (QED) is 0.211. The van der Waals surface area contributed by atoms with E-state index in [2.05, 4.69) is 4.74 Å². The van der Waals surface area contributed by atoms with Crippen molar-refractivity contribution in [3.63, 3.8) is 0 Å². The Balaban J connectivity index is 1.98. The van der Waals surface area contributed by atoms with Crippen molar-refractivity contribution in [3.05, 3.63) is 40.4 Å². The Morgan fingerprint density at radius 3 is 2.00 bits per heavy atom. The van der Waals surface area contributed by atoms with Crippen LogP contribution in [0.4, 0.5) is 35.1 Å². The molecule has 0 atom stereocenters. The lowest BCUT2D eigenvalue weighted by Gasteiger charge is -2.31. The number of alkyl halides is 8. The molecule has 14 heteroatoms. The summed E-state index contributed by atoms with van der Waals surface area (Å²) in [5, 5.41) is 0.966. The molecule has 0 spiro atoms. The Morgan fingerprint density at radius 1 is 0.879 bits per heavy atom. The number of esters is 2. The maximum Gasteiger partial charge on any atom is 0.381 e. The molecule has 0 N–H and O–H groups in total. The van der Waals surface area contributed by atoms with Crippen molar-refractivity contribution < 1.29 is 54.2 Å². The highest BCUT2D eigenvalue weighted by Gasteiger charge is 2.75. The number of benzene rings is 2. The average Bonchev–Trinajstić information content (AvgIpc) is 2.73. The first-order valence-electron chi connectivity index (χ1n) is 8.76. The normalized spacial score (nSPS) is 12.8. The highest BCUT2D eigenvalue weighted by Crippen LogP contribution is 2.48. The topological polar surface area (TPSA) is 52.6 Å². The van der Waals surface area contributed by atoms with Gasteiger partial charge in [-0.2, -0.15) is 26.3 Å². The number of carbonyl (C=O) groups excluding carboxylic acids is 2. The Hall–Kier alpha value is -2.34. The van der Waals surface area contributed by atoms with Gasteiger partial charge in [-0.1, -0.05) is 47.5 Å². The van der Waals surface area contributed by atoms with Crippen LogP contribution < -0.4 is 4.74 Å². The molecule has 0 bridgehead atoms. The van der Waals surface area contributed by atoms with E-state index < -0.39 is 55.6 Å². The Morgan fingerprint density at radius 2 is 1.42 bits per heavy atom. The largest absolute Gasteiger partial charge is 0.459 e. The van der Waals surface area contributed by atoms with Crippen LogP contribution in [0.25, 0.3) is 10.8 Å². The van der Waals surface area contributed by atoms with Gasteiger partial charge in [-0.3, -0.25) is 9.59 Å². The number of rotatable bonds is 9. The summed E-state index contributed by atoms with van der Waals surface area (Å²) in [6.07, 6.45) is -6.88. The predicted molar refractivity (Wildman–Crippen MR) is 101 cm³/mol. The van der Waals surface area contributed by atoms with Crippen molar-refractivity contribution in [3.8, 4) is 5.75 Å². The first-order valence-corrected chi connectivity index (χ1v) is 9.52. The SMILES string of the molecule is O=C(CCC(=O)Oc1c(Cl)cc(Cl)c2ccccc12)OCC(F)(F)C(F)(F)C(F)(F)C(F)F. The second-order valence-electron chi connectivity index (χ2n) is 6.55. The highest BCUT2D eigenvalue weighted by atomic mass is 35.5. The van der Waals surface area contributed by atoms with E-state index in [1.54, 1.807) is 18.2 Å². The number of fused-ring (bicyclic) bond motifs is 1. The van der Waals surface area contributed by atoms with E-state index in [1.165, 1.54) is 12.1 Å². The molecule has 0 aliphatic heterocycles. The molecule has 33 heavy (non-hydrogen) atoms. The summed E-state index contributed by atoms with van der Waals surface area (Å²) in [7, 11) is 0. The molecule has 182 valence electrons. The van der Waals surface area contributed by atoms with Gasteiger partial charge in [0.15, 0.2) is 12.4 Å². The van der Waals surface area contributed by atoms with Crippen molar-refractivity contribution in [1.82, 2.24) is 0 Å². The summed E-state index contributed by atoms with van der Waals surface area (Å²) in [5.74, 6) is -21.6. The van der Waals surface area contributed by atoms with Crippen molar-refractivity contribution in [1.29, 1.82) is 0 Å². The monoisotopic (exact) mass is 526 g/mol. The summed E-state index contributed by atoms with van der Waals surface area (Å²) < 4.78 is 112. The maximum atomic E-state index is 13.4. The lowest BCUT2D eigenvalue weighted by Crippen LogP contribution is -2.59. The first-order chi connectivity index (χ1) is 15.1. The smallest absolute Gasteiger partial charge is 0.381 e. The second-order valence-corrected chi connectivity index (χ2v) is 7.37. The fourth-order valence-electron chi connectivity index (χ4n) is 2.46. The van der Waals surface area contributed by atoms with Crippen LogP contribution in [-0.2, 0) is 14.3 Å². The molecule has 4 nitrogen and oxygen atoms in total. The molecular weight excluding hydrogens is 515 g/mol. The van der Waals surface area contributed by atoms with Gasteiger partial charge in [-0.15, -0.1) is 0 Å². The lowest BCUT2D eigenvalue weighted by molar-refractivity contribution is -0.344. The van der Waals surface area contributed by atoms with Crippen LogP contribution in [0.2, 0.25) is 10.0 Å². The van der Waals surface area contributed by atoms with E-state index in [-0.39, 0.29) is 15.8 Å². The summed E-state index contributed by atoms with van der Waals surface area (Å²) >= 11 is 12.0. The molecule has 0 heterocycles. The molecule has 2 rings (SSSR count). The maximum absolute atomic E-state index is 13.4. The van der Waals surface area contributed by atoms with E-state index in [0.717, 1.165) is 0 Å². The third kappa shape index (κ3) is 5.60. The fourth-order valence-corrected chi connectivity index (χ4v) is 3.04. The van der Waals surface area contributed by atoms with Crippen LogP contribution in [-0.4, -0.2) is 42.7 Å². The third-order valence-electron chi connectivity index (χ3n) is 4.21. The van der Waals surface area contributed by atoms with Gasteiger partial charge in [0.2, 0.25) is 0 Å². The van der Waals surface area contributed by atoms with E-state index in [0.29, 0.717) is 10.8 Å². The minimum Gasteiger partial charge on any atom is -0.459 e. The summed E-state index contributed by atoms with van der Waals surface area (Å²) in [4.78, 5) is 23.5. The van der Waals surface area contributed by atoms with E-state index in [9.17, 15) is 44.7 Å². The number of hydrogen-bond donors (Lipinski definition) is 0. The number of ether oxygens (including phenoxy) is 2. The molecule has 2 aromatic carbocycles. The molecule has 0 aliphatic rings. The molecule has 0 unspecified atom stereocenters. The Bertz CT molecular complexity index is 1050. The van der Waals surface area contributed by atoms with Gasteiger partial charge in [0.1, 0.15) is 0 Å². The van der Waals surface area contributed by atoms with Crippen LogP contribution in [0.3, 0.4) is 0 Å². The Kier molecular flexibility index (Phi) is 8.06. The number of halogens is 10. The molecule has 0 saturated heterocycles. The van der Waals surface area contributed by atoms with Gasteiger partial charge in [-0.05, 0) is 6.07 Å². The van der Waals surface area contributed by atoms with Gasteiger partial charge >= 0.3 is 36.1 Å². The van der Waals surface area contributed by atoms with Crippen molar-refractivity contribution in [2.45, 2.75) is 37.0 Å². The second kappa shape index (κ2) is 9.88. The summed E-state index contributed by atoms with van der Waals surface area (Å²) in [6.45, 7) is -2.62. The van der Waals surface area contributed by atoms with Crippen LogP contribution in [0.5, 0.6) is 5.75 Å². The zero-order valence-corrected chi connectivity index (χ0v) is 17.5. The summed E-state index contributed by atoms with van der Waals surface area (Å²) in [6, 6.07) is 7.61. The molecule has 2 aromatic rings. The van der Waals surface area contributed by atoms with E-state index >= 15 is 0 Å². The molecule has 0 radical (unpaired) electrons. The standard InChI is InChI=1S/C19H12Cl2F8O4/c20-11-7-12(21)15(10-4-2-1-3-9(10)11)33-14(31)6-5-13(30)32-8-17(24,25)19(28,29)18(26,27)16(22)23/h1-4,7,16H,5-6,8H2. The first kappa shape index (κ1) is 26.9. The minimum atomic E-state index is -6.51. The molecule has 0 saturated carbocycles. The van der Waals surface area contributed by atoms with Gasteiger partial charge in [-0.25, -0.2) is 8.78 Å². The third-order valence-corrected chi connectivity index (χ3v) is 4.81. The van der Waals surface area contributed by atoms with Crippen LogP contribution in [0.1, 0.15) is 12.8 Å². The van der Waals surface area contributed by atoms with Crippen LogP contribution >= 0.6 is 23.2 Å². The number of hydrogen-bond acceptors (Lipinski definition) is 4. The van der Waals surface area contributed by atoms with E-state index in [4.69, 9.17) is 27.9 Å². The van der Waals surface area contributed by atoms with Gasteiger partial charge in [0.25, 0.3) is 0 Å². The zero-order chi connectivity index (χ0) is 25.2. The molecule has 0 aromatic heterocycles. The van der Waals surface area contributed by atoms with Crippen molar-refractivity contribution in [2.75, 3.05) is 6.61 Å². The van der Waals surface area contributed by atoms with Crippen molar-refractivity contribution in [2.24, 2.45) is 0 Å². The number of carbonyl (C=O) groups is 2. The van der Waals surface area contributed by atoms with E-state index in [1.807, 2.05) is 0 Å². The van der Waals surface area contributed by atoms with Gasteiger partial charge in [0, 0.05) is 10.8 Å². The molecule has 0 amide bonds. The predicted octanol–water partition coefficient (Wildman–Crippen LogP) is 6.55.